The lowest BCUT2D eigenvalue weighted by Crippen LogP contribution is -2.13. The molecule has 3 rings (SSSR count). The molecule has 0 aromatic heterocycles. The maximum Gasteiger partial charge on any atom is 0.338 e. The number of nitro benzene ring substituents is 1. The zero-order valence-electron chi connectivity index (χ0n) is 21.1. The van der Waals surface area contributed by atoms with Gasteiger partial charge in [-0.1, -0.05) is 12.1 Å². The summed E-state index contributed by atoms with van der Waals surface area (Å²) in [5.41, 5.74) is 1.63. The molecule has 3 aromatic carbocycles. The third kappa shape index (κ3) is 7.90. The molecule has 1 N–H and O–H groups in total. The fourth-order valence-corrected chi connectivity index (χ4v) is 3.98. The van der Waals surface area contributed by atoms with Crippen molar-refractivity contribution in [3.63, 3.8) is 0 Å². The van der Waals surface area contributed by atoms with Gasteiger partial charge in [0.15, 0.2) is 11.5 Å². The van der Waals surface area contributed by atoms with Gasteiger partial charge < -0.3 is 19.5 Å². The van der Waals surface area contributed by atoms with Crippen LogP contribution in [0, 0.1) is 21.4 Å². The Kier molecular flexibility index (Phi) is 10.2. The van der Waals surface area contributed by atoms with Gasteiger partial charge in [-0.3, -0.25) is 14.9 Å². The van der Waals surface area contributed by atoms with Crippen molar-refractivity contribution in [1.82, 2.24) is 0 Å². The number of halogens is 1. The topological polar surface area (TPSA) is 141 Å². The number of nitrogens with zero attached hydrogens (tertiary/aromatic N) is 2. The Labute approximate surface area is 233 Å². The van der Waals surface area contributed by atoms with E-state index in [4.69, 9.17) is 14.2 Å². The monoisotopic (exact) mass is 593 g/mol. The molecule has 0 saturated heterocycles. The van der Waals surface area contributed by atoms with Crippen molar-refractivity contribution in [3.8, 4) is 17.6 Å². The van der Waals surface area contributed by atoms with E-state index in [1.54, 1.807) is 38.1 Å². The molecule has 0 radical (unpaired) electrons. The van der Waals surface area contributed by atoms with Crippen LogP contribution in [0.5, 0.6) is 11.5 Å². The SMILES string of the molecule is CCOC(=O)c1ccc(NC(=O)/C(C#N)=C/c2cc(Br)c(OCc3cccc([N+](=O)[O-])c3)c(OCC)c2)cc1. The predicted octanol–water partition coefficient (Wildman–Crippen LogP) is 6.06. The number of anilines is 1. The van der Waals surface area contributed by atoms with Gasteiger partial charge in [-0.15, -0.1) is 0 Å². The molecule has 11 heteroatoms. The number of benzene rings is 3. The minimum atomic E-state index is -0.638. The molecule has 0 aliphatic carbocycles. The van der Waals surface area contributed by atoms with Gasteiger partial charge in [-0.05, 0) is 83.4 Å². The van der Waals surface area contributed by atoms with Gasteiger partial charge in [0.2, 0.25) is 0 Å². The summed E-state index contributed by atoms with van der Waals surface area (Å²) in [6, 6.07) is 17.4. The minimum absolute atomic E-state index is 0.0436. The lowest BCUT2D eigenvalue weighted by Gasteiger charge is -2.15. The lowest BCUT2D eigenvalue weighted by atomic mass is 10.1. The van der Waals surface area contributed by atoms with Gasteiger partial charge in [0, 0.05) is 17.8 Å². The second-order valence-electron chi connectivity index (χ2n) is 7.90. The molecular weight excluding hydrogens is 570 g/mol. The molecule has 0 atom stereocenters. The van der Waals surface area contributed by atoms with Crippen molar-refractivity contribution >= 4 is 45.3 Å². The number of nitro groups is 1. The van der Waals surface area contributed by atoms with Crippen LogP contribution in [0.3, 0.4) is 0 Å². The number of carbonyl (C=O) groups excluding carboxylic acids is 2. The Morgan fingerprint density at radius 1 is 1.08 bits per heavy atom. The van der Waals surface area contributed by atoms with Crippen molar-refractivity contribution < 1.29 is 28.7 Å². The predicted molar refractivity (Wildman–Crippen MR) is 147 cm³/mol. The van der Waals surface area contributed by atoms with Gasteiger partial charge in [0.05, 0.1) is 28.2 Å². The average molecular weight is 594 g/mol. The number of carbonyl (C=O) groups is 2. The molecule has 0 unspecified atom stereocenters. The summed E-state index contributed by atoms with van der Waals surface area (Å²) >= 11 is 3.45. The maximum absolute atomic E-state index is 12.8. The van der Waals surface area contributed by atoms with Gasteiger partial charge in [0.1, 0.15) is 18.2 Å². The largest absolute Gasteiger partial charge is 0.490 e. The molecule has 0 saturated carbocycles. The third-order valence-corrected chi connectivity index (χ3v) is 5.76. The Hall–Kier alpha value is -4.69. The van der Waals surface area contributed by atoms with Crippen LogP contribution in [0.25, 0.3) is 6.08 Å². The van der Waals surface area contributed by atoms with Crippen LogP contribution in [0.4, 0.5) is 11.4 Å². The smallest absolute Gasteiger partial charge is 0.338 e. The summed E-state index contributed by atoms with van der Waals surface area (Å²) in [5.74, 6) is -0.386. The Bertz CT molecular complexity index is 1450. The number of hydrogen-bond acceptors (Lipinski definition) is 8. The van der Waals surface area contributed by atoms with E-state index in [0.717, 1.165) is 0 Å². The summed E-state index contributed by atoms with van der Waals surface area (Å²) in [5, 5.41) is 23.3. The number of ether oxygens (including phenoxy) is 3. The molecule has 3 aromatic rings. The number of esters is 1. The van der Waals surface area contributed by atoms with E-state index in [-0.39, 0.29) is 24.5 Å². The van der Waals surface area contributed by atoms with Gasteiger partial charge in [-0.2, -0.15) is 5.26 Å². The normalized spacial score (nSPS) is 10.8. The van der Waals surface area contributed by atoms with E-state index in [0.29, 0.717) is 45.0 Å². The molecule has 0 heterocycles. The summed E-state index contributed by atoms with van der Waals surface area (Å²) in [4.78, 5) is 35.1. The van der Waals surface area contributed by atoms with Crippen LogP contribution in [-0.2, 0) is 16.1 Å². The molecule has 1 amide bonds. The summed E-state index contributed by atoms with van der Waals surface area (Å²) in [7, 11) is 0. The number of non-ortho nitro benzene ring substituents is 1. The van der Waals surface area contributed by atoms with Crippen molar-refractivity contribution in [2.24, 2.45) is 0 Å². The summed E-state index contributed by atoms with van der Waals surface area (Å²) < 4.78 is 17.1. The molecule has 10 nitrogen and oxygen atoms in total. The van der Waals surface area contributed by atoms with E-state index >= 15 is 0 Å². The number of hydrogen-bond donors (Lipinski definition) is 1. The highest BCUT2D eigenvalue weighted by Gasteiger charge is 2.16. The number of rotatable bonds is 11. The van der Waals surface area contributed by atoms with E-state index in [2.05, 4.69) is 21.2 Å². The van der Waals surface area contributed by atoms with E-state index in [1.165, 1.54) is 42.5 Å². The van der Waals surface area contributed by atoms with Crippen LogP contribution in [-0.4, -0.2) is 30.0 Å². The summed E-state index contributed by atoms with van der Waals surface area (Å²) in [6.45, 7) is 4.12. The van der Waals surface area contributed by atoms with Crippen LogP contribution in [0.2, 0.25) is 0 Å². The Balaban J connectivity index is 1.79. The fraction of sp³-hybridized carbons (Fsp3) is 0.179. The van der Waals surface area contributed by atoms with Crippen molar-refractivity contribution in [3.05, 3.63) is 97.5 Å². The molecule has 0 aliphatic rings. The highest BCUT2D eigenvalue weighted by atomic mass is 79.9. The molecule has 0 fully saturated rings. The molecule has 0 aliphatic heterocycles. The maximum atomic E-state index is 12.8. The molecule has 200 valence electrons. The highest BCUT2D eigenvalue weighted by Crippen LogP contribution is 2.38. The van der Waals surface area contributed by atoms with Crippen LogP contribution in [0.1, 0.15) is 35.3 Å². The minimum Gasteiger partial charge on any atom is -0.490 e. The first kappa shape index (κ1) is 28.9. The molecule has 39 heavy (non-hydrogen) atoms. The number of amides is 1. The van der Waals surface area contributed by atoms with Crippen molar-refractivity contribution in [1.29, 1.82) is 5.26 Å². The standard InChI is InChI=1S/C28H24BrN3O7/c1-3-37-25-15-19(14-24(29)26(25)39-17-18-6-5-7-23(13-18)32(35)36)12-21(16-30)27(33)31-22-10-8-20(9-11-22)28(34)38-4-2/h5-15H,3-4,17H2,1-2H3,(H,31,33)/b21-12+. The highest BCUT2D eigenvalue weighted by molar-refractivity contribution is 9.10. The van der Waals surface area contributed by atoms with Gasteiger partial charge >= 0.3 is 5.97 Å². The molecule has 0 spiro atoms. The first-order valence-corrected chi connectivity index (χ1v) is 12.6. The third-order valence-electron chi connectivity index (χ3n) is 5.17. The van der Waals surface area contributed by atoms with Gasteiger partial charge in [-0.25, -0.2) is 4.79 Å². The zero-order chi connectivity index (χ0) is 28.4. The number of nitriles is 1. The summed E-state index contributed by atoms with van der Waals surface area (Å²) in [6.07, 6.45) is 1.40. The van der Waals surface area contributed by atoms with Crippen molar-refractivity contribution in [2.45, 2.75) is 20.5 Å². The first-order chi connectivity index (χ1) is 18.7. The molecular formula is C28H24BrN3O7. The fourth-order valence-electron chi connectivity index (χ4n) is 3.41. The Morgan fingerprint density at radius 3 is 2.46 bits per heavy atom. The van der Waals surface area contributed by atoms with Gasteiger partial charge in [0.25, 0.3) is 11.6 Å². The average Bonchev–Trinajstić information content (AvgIpc) is 2.92. The lowest BCUT2D eigenvalue weighted by molar-refractivity contribution is -0.384. The van der Waals surface area contributed by atoms with Crippen LogP contribution < -0.4 is 14.8 Å². The molecule has 0 bridgehead atoms. The first-order valence-electron chi connectivity index (χ1n) is 11.8. The van der Waals surface area contributed by atoms with Crippen LogP contribution in [0.15, 0.2) is 70.7 Å². The van der Waals surface area contributed by atoms with E-state index in [9.17, 15) is 25.0 Å². The quantitative estimate of drug-likeness (QED) is 0.0929. The van der Waals surface area contributed by atoms with Crippen molar-refractivity contribution in [2.75, 3.05) is 18.5 Å². The second-order valence-corrected chi connectivity index (χ2v) is 8.75. The van der Waals surface area contributed by atoms with Crippen LogP contribution >= 0.6 is 15.9 Å². The second kappa shape index (κ2) is 13.7. The van der Waals surface area contributed by atoms with E-state index < -0.39 is 16.8 Å². The Morgan fingerprint density at radius 2 is 1.82 bits per heavy atom. The zero-order valence-corrected chi connectivity index (χ0v) is 22.7. The van der Waals surface area contributed by atoms with E-state index in [1.807, 2.05) is 6.07 Å². The number of nitrogens with one attached hydrogen (secondary N) is 1.